The average molecular weight is 371 g/mol. The van der Waals surface area contributed by atoms with Crippen molar-refractivity contribution in [2.24, 2.45) is 0 Å². The second kappa shape index (κ2) is 6.92. The fraction of sp³-hybridized carbons (Fsp3) is 0.500. The minimum Gasteiger partial charge on any atom is -0.492 e. The molecule has 0 N–H and O–H groups in total. The van der Waals surface area contributed by atoms with E-state index in [0.717, 1.165) is 18.5 Å². The second-order valence-corrected chi connectivity index (χ2v) is 7.94. The van der Waals surface area contributed by atoms with Gasteiger partial charge in [0.2, 0.25) is 0 Å². The van der Waals surface area contributed by atoms with E-state index < -0.39 is 9.05 Å². The van der Waals surface area contributed by atoms with E-state index >= 15 is 0 Å². The Kier molecular flexibility index (Phi) is 6.11. The van der Waals surface area contributed by atoms with Gasteiger partial charge in [-0.1, -0.05) is 15.9 Å². The molecule has 0 aliphatic heterocycles. The third kappa shape index (κ3) is 5.30. The molecule has 0 bridgehead atoms. The highest BCUT2D eigenvalue weighted by atomic mass is 79.9. The predicted molar refractivity (Wildman–Crippen MR) is 80.6 cm³/mol. The van der Waals surface area contributed by atoms with Crippen molar-refractivity contribution in [2.75, 3.05) is 27.2 Å². The van der Waals surface area contributed by atoms with Gasteiger partial charge < -0.3 is 9.64 Å². The average Bonchev–Trinajstić information content (AvgIpc) is 2.24. The Hall–Kier alpha value is -0.300. The normalized spacial score (nSPS) is 11.9. The van der Waals surface area contributed by atoms with Gasteiger partial charge in [0, 0.05) is 21.7 Å². The Balaban J connectivity index is 2.93. The lowest BCUT2D eigenvalue weighted by molar-refractivity contribution is 0.274. The van der Waals surface area contributed by atoms with Gasteiger partial charge in [0.1, 0.15) is 10.6 Å². The summed E-state index contributed by atoms with van der Waals surface area (Å²) in [7, 11) is 5.55. The maximum absolute atomic E-state index is 11.6. The number of rotatable bonds is 6. The second-order valence-electron chi connectivity index (χ2n) is 4.49. The number of ether oxygens (including phenoxy) is 1. The molecule has 7 heteroatoms. The van der Waals surface area contributed by atoms with Crippen LogP contribution in [0.5, 0.6) is 5.75 Å². The van der Waals surface area contributed by atoms with Gasteiger partial charge in [-0.2, -0.15) is 0 Å². The van der Waals surface area contributed by atoms with Crippen molar-refractivity contribution in [1.29, 1.82) is 0 Å². The van der Waals surface area contributed by atoms with Crippen LogP contribution in [0.2, 0.25) is 0 Å². The Morgan fingerprint density at radius 2 is 2.00 bits per heavy atom. The molecule has 0 saturated carbocycles. The first-order valence-corrected chi connectivity index (χ1v) is 8.84. The molecule has 0 saturated heterocycles. The van der Waals surface area contributed by atoms with Gasteiger partial charge in [0.05, 0.1) is 6.61 Å². The van der Waals surface area contributed by atoms with Crippen molar-refractivity contribution in [3.05, 3.63) is 22.2 Å². The highest BCUT2D eigenvalue weighted by Crippen LogP contribution is 2.33. The van der Waals surface area contributed by atoms with Crippen molar-refractivity contribution in [3.8, 4) is 5.75 Å². The van der Waals surface area contributed by atoms with Crippen LogP contribution in [0.1, 0.15) is 12.0 Å². The van der Waals surface area contributed by atoms with E-state index in [2.05, 4.69) is 15.9 Å². The van der Waals surface area contributed by atoms with Gasteiger partial charge in [-0.05, 0) is 45.1 Å². The highest BCUT2D eigenvalue weighted by Gasteiger charge is 2.19. The van der Waals surface area contributed by atoms with Crippen LogP contribution in [-0.2, 0) is 9.05 Å². The van der Waals surface area contributed by atoms with E-state index in [1.54, 1.807) is 13.0 Å². The third-order valence-corrected chi connectivity index (χ3v) is 4.25. The van der Waals surface area contributed by atoms with Crippen LogP contribution in [0.15, 0.2) is 21.5 Å². The molecule has 0 radical (unpaired) electrons. The topological polar surface area (TPSA) is 46.6 Å². The molecule has 1 aromatic carbocycles. The van der Waals surface area contributed by atoms with E-state index in [9.17, 15) is 8.42 Å². The zero-order chi connectivity index (χ0) is 14.6. The molecule has 0 aliphatic carbocycles. The van der Waals surface area contributed by atoms with E-state index in [0.29, 0.717) is 16.8 Å². The largest absolute Gasteiger partial charge is 0.492 e. The molecular weight excluding hydrogens is 354 g/mol. The predicted octanol–water partition coefficient (Wildman–Crippen LogP) is 3.02. The highest BCUT2D eigenvalue weighted by molar-refractivity contribution is 9.10. The summed E-state index contributed by atoms with van der Waals surface area (Å²) >= 11 is 3.26. The maximum Gasteiger partial charge on any atom is 0.265 e. The molecule has 0 spiro atoms. The first-order valence-electron chi connectivity index (χ1n) is 5.74. The molecule has 0 atom stereocenters. The van der Waals surface area contributed by atoms with Gasteiger partial charge in [0.25, 0.3) is 9.05 Å². The molecule has 0 aromatic heterocycles. The first kappa shape index (κ1) is 16.8. The summed E-state index contributed by atoms with van der Waals surface area (Å²) in [4.78, 5) is 2.04. The van der Waals surface area contributed by atoms with Crippen LogP contribution in [0.25, 0.3) is 0 Å². The Labute approximate surface area is 127 Å². The number of nitrogens with zero attached hydrogens (tertiary/aromatic N) is 1. The fourth-order valence-corrected chi connectivity index (χ4v) is 3.40. The van der Waals surface area contributed by atoms with Crippen molar-refractivity contribution in [2.45, 2.75) is 18.2 Å². The van der Waals surface area contributed by atoms with Crippen LogP contribution in [0.4, 0.5) is 0 Å². The van der Waals surface area contributed by atoms with Gasteiger partial charge in [-0.3, -0.25) is 0 Å². The van der Waals surface area contributed by atoms with Gasteiger partial charge in [-0.25, -0.2) is 8.42 Å². The first-order chi connectivity index (χ1) is 8.71. The van der Waals surface area contributed by atoms with Gasteiger partial charge >= 0.3 is 0 Å². The molecular formula is C12H17BrClNO3S. The number of hydrogen-bond acceptors (Lipinski definition) is 4. The zero-order valence-corrected chi connectivity index (χ0v) is 14.3. The van der Waals surface area contributed by atoms with Crippen molar-refractivity contribution in [1.82, 2.24) is 4.90 Å². The Bertz CT molecular complexity index is 546. The fourth-order valence-electron chi connectivity index (χ4n) is 1.62. The summed E-state index contributed by atoms with van der Waals surface area (Å²) in [6.45, 7) is 3.11. The van der Waals surface area contributed by atoms with Crippen molar-refractivity contribution < 1.29 is 13.2 Å². The zero-order valence-electron chi connectivity index (χ0n) is 11.1. The molecule has 1 aromatic rings. The Morgan fingerprint density at radius 3 is 2.53 bits per heavy atom. The lowest BCUT2D eigenvalue weighted by atomic mass is 10.2. The summed E-state index contributed by atoms with van der Waals surface area (Å²) in [6, 6.07) is 3.25. The smallest absolute Gasteiger partial charge is 0.265 e. The number of halogens is 2. The molecule has 0 fully saturated rings. The molecule has 0 unspecified atom stereocenters. The lowest BCUT2D eigenvalue weighted by Gasteiger charge is -2.14. The van der Waals surface area contributed by atoms with Gasteiger partial charge in [-0.15, -0.1) is 0 Å². The quantitative estimate of drug-likeness (QED) is 0.570. The van der Waals surface area contributed by atoms with Crippen LogP contribution < -0.4 is 4.74 Å². The molecule has 0 aliphatic rings. The number of benzene rings is 1. The molecule has 19 heavy (non-hydrogen) atoms. The summed E-state index contributed by atoms with van der Waals surface area (Å²) in [6.07, 6.45) is 0.810. The molecule has 0 amide bonds. The number of hydrogen-bond donors (Lipinski definition) is 0. The van der Waals surface area contributed by atoms with E-state index in [-0.39, 0.29) is 4.90 Å². The SMILES string of the molecule is Cc1cc(Br)cc(S(=O)(=O)Cl)c1OCCCN(C)C. The van der Waals surface area contributed by atoms with E-state index in [1.165, 1.54) is 6.07 Å². The van der Waals surface area contributed by atoms with Crippen LogP contribution in [0, 0.1) is 6.92 Å². The van der Waals surface area contributed by atoms with Crippen molar-refractivity contribution in [3.63, 3.8) is 0 Å². The lowest BCUT2D eigenvalue weighted by Crippen LogP contribution is -2.16. The minimum atomic E-state index is -3.83. The summed E-state index contributed by atoms with van der Waals surface area (Å²) in [5.74, 6) is 0.331. The minimum absolute atomic E-state index is 0.00546. The van der Waals surface area contributed by atoms with E-state index in [1.807, 2.05) is 19.0 Å². The summed E-state index contributed by atoms with van der Waals surface area (Å²) in [5.41, 5.74) is 0.735. The molecule has 4 nitrogen and oxygen atoms in total. The van der Waals surface area contributed by atoms with Crippen LogP contribution in [0.3, 0.4) is 0 Å². The van der Waals surface area contributed by atoms with E-state index in [4.69, 9.17) is 15.4 Å². The summed E-state index contributed by atoms with van der Waals surface area (Å²) < 4.78 is 29.4. The van der Waals surface area contributed by atoms with Gasteiger partial charge in [0.15, 0.2) is 0 Å². The molecule has 1 rings (SSSR count). The Morgan fingerprint density at radius 1 is 1.37 bits per heavy atom. The summed E-state index contributed by atoms with van der Waals surface area (Å²) in [5, 5.41) is 0. The monoisotopic (exact) mass is 369 g/mol. The van der Waals surface area contributed by atoms with Crippen molar-refractivity contribution >= 4 is 35.7 Å². The maximum atomic E-state index is 11.6. The molecule has 108 valence electrons. The number of aryl methyl sites for hydroxylation is 1. The standard InChI is InChI=1S/C12H17BrClNO3S/c1-9-7-10(13)8-11(19(14,16)17)12(9)18-6-4-5-15(2)3/h7-8H,4-6H2,1-3H3. The van der Waals surface area contributed by atoms with Crippen LogP contribution >= 0.6 is 26.6 Å². The third-order valence-electron chi connectivity index (χ3n) is 2.46. The van der Waals surface area contributed by atoms with Crippen LogP contribution in [-0.4, -0.2) is 40.6 Å². The molecule has 0 heterocycles.